The highest BCUT2D eigenvalue weighted by atomic mass is 32.2. The fraction of sp³-hybridized carbons (Fsp3) is 0.200. The Hall–Kier alpha value is -3.46. The normalized spacial score (nSPS) is 12.8. The number of primary sulfonamides is 1. The molecule has 2 rings (SSSR count). The molecule has 0 spiro atoms. The quantitative estimate of drug-likeness (QED) is 0.381. The summed E-state index contributed by atoms with van der Waals surface area (Å²) in [6.07, 6.45) is -6.66. The van der Waals surface area contributed by atoms with Gasteiger partial charge in [0.15, 0.2) is 6.10 Å². The molecule has 1 amide bonds. The number of nitrogens with zero attached hydrogens (tertiary/aromatic N) is 1. The predicted molar refractivity (Wildman–Crippen MR) is 91.7 cm³/mol. The van der Waals surface area contributed by atoms with E-state index >= 15 is 0 Å². The number of ether oxygens (including phenoxy) is 1. The minimum Gasteiger partial charge on any atom is -0.447 e. The third kappa shape index (κ3) is 5.32. The van der Waals surface area contributed by atoms with Gasteiger partial charge < -0.3 is 14.5 Å². The van der Waals surface area contributed by atoms with Gasteiger partial charge in [-0.2, -0.15) is 13.2 Å². The fourth-order valence-corrected chi connectivity index (χ4v) is 2.54. The van der Waals surface area contributed by atoms with Gasteiger partial charge in [0.05, 0.1) is 16.2 Å². The van der Waals surface area contributed by atoms with Crippen molar-refractivity contribution in [3.05, 3.63) is 51.8 Å². The van der Waals surface area contributed by atoms with Gasteiger partial charge in [-0.1, -0.05) is 0 Å². The molecule has 162 valence electrons. The molecule has 1 atom stereocenters. The predicted octanol–water partition coefficient (Wildman–Crippen LogP) is 2.04. The molecule has 0 aliphatic heterocycles. The molecular formula is C15H12F3N3O8S. The van der Waals surface area contributed by atoms with Crippen molar-refractivity contribution in [3.63, 3.8) is 0 Å². The topological polar surface area (TPSA) is 172 Å². The Bertz CT molecular complexity index is 1110. The summed E-state index contributed by atoms with van der Waals surface area (Å²) in [6, 6.07) is 3.44. The molecule has 0 saturated carbocycles. The highest BCUT2D eigenvalue weighted by Crippen LogP contribution is 2.37. The first-order valence-electron chi connectivity index (χ1n) is 7.70. The molecule has 0 aliphatic rings. The van der Waals surface area contributed by atoms with Crippen LogP contribution in [0.2, 0.25) is 0 Å². The van der Waals surface area contributed by atoms with Crippen molar-refractivity contribution in [1.29, 1.82) is 0 Å². The first kappa shape index (κ1) is 22.8. The van der Waals surface area contributed by atoms with E-state index in [-0.39, 0.29) is 6.07 Å². The zero-order chi connectivity index (χ0) is 22.9. The molecular weight excluding hydrogens is 439 g/mol. The number of hydrogen-bond donors (Lipinski definition) is 2. The van der Waals surface area contributed by atoms with E-state index in [2.05, 4.69) is 4.42 Å². The lowest BCUT2D eigenvalue weighted by Gasteiger charge is -2.16. The first-order chi connectivity index (χ1) is 13.7. The van der Waals surface area contributed by atoms with Crippen LogP contribution in [0.3, 0.4) is 0 Å². The van der Waals surface area contributed by atoms with E-state index < -0.39 is 66.9 Å². The number of nitro groups is 1. The van der Waals surface area contributed by atoms with Gasteiger partial charge in [-0.3, -0.25) is 14.9 Å². The fourth-order valence-electron chi connectivity index (χ4n) is 2.08. The van der Waals surface area contributed by atoms with Crippen LogP contribution in [0.5, 0.6) is 0 Å². The minimum atomic E-state index is -5.02. The van der Waals surface area contributed by atoms with E-state index in [4.69, 9.17) is 9.88 Å². The van der Waals surface area contributed by atoms with Crippen molar-refractivity contribution in [2.45, 2.75) is 24.3 Å². The molecule has 15 heteroatoms. The van der Waals surface area contributed by atoms with Gasteiger partial charge in [0.2, 0.25) is 10.9 Å². The summed E-state index contributed by atoms with van der Waals surface area (Å²) >= 11 is 0. The maximum atomic E-state index is 13.1. The number of nitro benzene ring substituents is 1. The maximum Gasteiger partial charge on any atom is 0.418 e. The summed E-state index contributed by atoms with van der Waals surface area (Å²) in [5, 5.41) is 16.6. The second-order valence-electron chi connectivity index (χ2n) is 5.69. The molecule has 30 heavy (non-hydrogen) atoms. The van der Waals surface area contributed by atoms with Crippen molar-refractivity contribution in [3.8, 4) is 0 Å². The van der Waals surface area contributed by atoms with E-state index in [1.54, 1.807) is 0 Å². The average molecular weight is 451 g/mol. The minimum absolute atomic E-state index is 0.240. The van der Waals surface area contributed by atoms with Gasteiger partial charge in [-0.15, -0.1) is 0 Å². The highest BCUT2D eigenvalue weighted by Gasteiger charge is 2.36. The van der Waals surface area contributed by atoms with Crippen LogP contribution in [0.4, 0.5) is 24.5 Å². The standard InChI is InChI=1S/C15H12F3N3O8S/c1-7(28-14(23)11-4-5-12(29-11)30(19,26)27)13(22)20-10-3-2-8(21(24)25)6-9(10)15(16,17)18/h2-7H,1H3,(H,20,22)(H2,19,26,27). The zero-order valence-corrected chi connectivity index (χ0v) is 15.6. The van der Waals surface area contributed by atoms with Crippen molar-refractivity contribution in [2.24, 2.45) is 5.14 Å². The SMILES string of the molecule is CC(OC(=O)c1ccc(S(N)(=O)=O)o1)C(=O)Nc1ccc([N+](=O)[O-])cc1C(F)(F)F. The summed E-state index contributed by atoms with van der Waals surface area (Å²) in [4.78, 5) is 33.7. The molecule has 2 aromatic rings. The Morgan fingerprint density at radius 1 is 1.27 bits per heavy atom. The third-order valence-electron chi connectivity index (χ3n) is 3.49. The van der Waals surface area contributed by atoms with Gasteiger partial charge >= 0.3 is 12.1 Å². The zero-order valence-electron chi connectivity index (χ0n) is 14.8. The van der Waals surface area contributed by atoms with E-state index in [1.807, 2.05) is 5.32 Å². The van der Waals surface area contributed by atoms with Crippen molar-refractivity contribution in [1.82, 2.24) is 0 Å². The monoisotopic (exact) mass is 451 g/mol. The number of furan rings is 1. The van der Waals surface area contributed by atoms with E-state index in [0.717, 1.165) is 25.1 Å². The number of carbonyl (C=O) groups excluding carboxylic acids is 2. The number of nitrogens with one attached hydrogen (secondary N) is 1. The van der Waals surface area contributed by atoms with Crippen LogP contribution in [-0.4, -0.2) is 31.3 Å². The Labute approximate surface area is 165 Å². The van der Waals surface area contributed by atoms with Crippen molar-refractivity contribution >= 4 is 33.3 Å². The number of sulfonamides is 1. The van der Waals surface area contributed by atoms with E-state index in [1.165, 1.54) is 0 Å². The Morgan fingerprint density at radius 2 is 1.90 bits per heavy atom. The molecule has 1 aromatic heterocycles. The average Bonchev–Trinajstić information content (AvgIpc) is 3.11. The Kier molecular flexibility index (Phi) is 6.17. The second-order valence-corrected chi connectivity index (χ2v) is 7.18. The molecule has 1 aromatic carbocycles. The summed E-state index contributed by atoms with van der Waals surface area (Å²) < 4.78 is 71.0. The summed E-state index contributed by atoms with van der Waals surface area (Å²) in [5.74, 6) is -3.10. The second kappa shape index (κ2) is 8.11. The molecule has 0 fully saturated rings. The number of rotatable bonds is 6. The number of carbonyl (C=O) groups is 2. The van der Waals surface area contributed by atoms with Crippen LogP contribution in [0.1, 0.15) is 23.0 Å². The Balaban J connectivity index is 2.17. The van der Waals surface area contributed by atoms with Crippen LogP contribution in [0.15, 0.2) is 39.8 Å². The van der Waals surface area contributed by atoms with Crippen LogP contribution >= 0.6 is 0 Å². The number of hydrogen-bond acceptors (Lipinski definition) is 8. The number of benzene rings is 1. The molecule has 0 aliphatic carbocycles. The summed E-state index contributed by atoms with van der Waals surface area (Å²) in [6.45, 7) is 1.02. The highest BCUT2D eigenvalue weighted by molar-refractivity contribution is 7.89. The van der Waals surface area contributed by atoms with Gasteiger partial charge in [0.25, 0.3) is 21.6 Å². The smallest absolute Gasteiger partial charge is 0.418 e. The van der Waals surface area contributed by atoms with Crippen molar-refractivity contribution in [2.75, 3.05) is 5.32 Å². The number of alkyl halides is 3. The van der Waals surface area contributed by atoms with E-state index in [9.17, 15) is 41.3 Å². The number of anilines is 1. The third-order valence-corrected chi connectivity index (χ3v) is 4.27. The Morgan fingerprint density at radius 3 is 2.40 bits per heavy atom. The lowest BCUT2D eigenvalue weighted by atomic mass is 10.1. The number of nitrogens with two attached hydrogens (primary N) is 1. The van der Waals surface area contributed by atoms with Crippen LogP contribution in [0.25, 0.3) is 0 Å². The first-order valence-corrected chi connectivity index (χ1v) is 9.25. The van der Waals surface area contributed by atoms with Gasteiger partial charge in [0, 0.05) is 12.1 Å². The maximum absolute atomic E-state index is 13.1. The van der Waals surface area contributed by atoms with Crippen LogP contribution < -0.4 is 10.5 Å². The molecule has 1 unspecified atom stereocenters. The molecule has 3 N–H and O–H groups in total. The van der Waals surface area contributed by atoms with Gasteiger partial charge in [-0.05, 0) is 25.1 Å². The largest absolute Gasteiger partial charge is 0.447 e. The number of halogens is 3. The van der Waals surface area contributed by atoms with Gasteiger partial charge in [-0.25, -0.2) is 18.4 Å². The van der Waals surface area contributed by atoms with Crippen molar-refractivity contribution < 1.29 is 45.3 Å². The molecule has 1 heterocycles. The summed E-state index contributed by atoms with van der Waals surface area (Å²) in [5.41, 5.74) is -3.12. The lowest BCUT2D eigenvalue weighted by Crippen LogP contribution is -2.30. The van der Waals surface area contributed by atoms with E-state index in [0.29, 0.717) is 6.07 Å². The number of amides is 1. The lowest BCUT2D eigenvalue weighted by molar-refractivity contribution is -0.385. The molecule has 0 saturated heterocycles. The summed E-state index contributed by atoms with van der Waals surface area (Å²) in [7, 11) is -4.24. The number of non-ortho nitro benzene ring substituents is 1. The van der Waals surface area contributed by atoms with Crippen LogP contribution in [-0.2, 0) is 25.7 Å². The molecule has 0 radical (unpaired) electrons. The molecule has 0 bridgehead atoms. The molecule has 11 nitrogen and oxygen atoms in total. The van der Waals surface area contributed by atoms with Gasteiger partial charge in [0.1, 0.15) is 0 Å². The van der Waals surface area contributed by atoms with Crippen LogP contribution in [0, 0.1) is 10.1 Å². The number of esters is 1.